The van der Waals surface area contributed by atoms with E-state index < -0.39 is 10.0 Å². The largest absolute Gasteiger partial charge is 0.352 e. The minimum Gasteiger partial charge on any atom is -0.352 e. The highest BCUT2D eigenvalue weighted by Crippen LogP contribution is 2.27. The van der Waals surface area contributed by atoms with E-state index in [1.165, 1.54) is 10.9 Å². The van der Waals surface area contributed by atoms with E-state index >= 15 is 0 Å². The number of piperidine rings is 1. The molecule has 1 N–H and O–H groups in total. The molecule has 1 fully saturated rings. The van der Waals surface area contributed by atoms with Crippen LogP contribution in [-0.2, 0) is 16.4 Å². The number of rotatable bonds is 6. The van der Waals surface area contributed by atoms with Crippen LogP contribution in [0.25, 0.3) is 0 Å². The zero-order valence-electron chi connectivity index (χ0n) is 15.7. The average Bonchev–Trinajstić information content (AvgIpc) is 3.14. The van der Waals surface area contributed by atoms with Crippen LogP contribution >= 0.6 is 11.3 Å². The predicted octanol–water partition coefficient (Wildman–Crippen LogP) is 3.39. The second-order valence-corrected chi connectivity index (χ2v) is 10.4. The number of nitrogens with zero attached hydrogens (tertiary/aromatic N) is 1. The van der Waals surface area contributed by atoms with Crippen molar-refractivity contribution < 1.29 is 13.2 Å². The summed E-state index contributed by atoms with van der Waals surface area (Å²) in [6.07, 6.45) is 1.81. The Morgan fingerprint density at radius 3 is 2.59 bits per heavy atom. The standard InChI is InChI=1S/C20H26N2O3S2/c1-15-11-16(2)14-22(13-15)27(24,25)19-7-3-5-17(12-19)20(23)21-9-8-18-6-4-10-26-18/h3-7,10,12,15-16H,8-9,11,13-14H2,1-2H3,(H,21,23). The quantitative estimate of drug-likeness (QED) is 0.800. The molecule has 146 valence electrons. The maximum Gasteiger partial charge on any atom is 0.251 e. The molecule has 1 aliphatic heterocycles. The highest BCUT2D eigenvalue weighted by molar-refractivity contribution is 7.89. The van der Waals surface area contributed by atoms with Crippen LogP contribution in [-0.4, -0.2) is 38.3 Å². The van der Waals surface area contributed by atoms with Gasteiger partial charge in [0.25, 0.3) is 5.91 Å². The third-order valence-electron chi connectivity index (χ3n) is 4.81. The lowest BCUT2D eigenvalue weighted by Crippen LogP contribution is -2.42. The summed E-state index contributed by atoms with van der Waals surface area (Å²) in [4.78, 5) is 13.8. The predicted molar refractivity (Wildman–Crippen MR) is 109 cm³/mol. The van der Waals surface area contributed by atoms with Crippen molar-refractivity contribution >= 4 is 27.3 Å². The van der Waals surface area contributed by atoms with Crippen molar-refractivity contribution in [1.29, 1.82) is 0 Å². The highest BCUT2D eigenvalue weighted by atomic mass is 32.2. The van der Waals surface area contributed by atoms with Gasteiger partial charge in [0.2, 0.25) is 10.0 Å². The van der Waals surface area contributed by atoms with Gasteiger partial charge in [-0.15, -0.1) is 11.3 Å². The minimum atomic E-state index is -3.58. The molecule has 5 nitrogen and oxygen atoms in total. The van der Waals surface area contributed by atoms with Crippen molar-refractivity contribution in [2.75, 3.05) is 19.6 Å². The van der Waals surface area contributed by atoms with Crippen molar-refractivity contribution in [3.05, 3.63) is 52.2 Å². The topological polar surface area (TPSA) is 66.5 Å². The Hall–Kier alpha value is -1.70. The molecule has 2 heterocycles. The normalized spacial score (nSPS) is 21.1. The maximum atomic E-state index is 13.0. The van der Waals surface area contributed by atoms with Gasteiger partial charge >= 0.3 is 0 Å². The molecule has 3 rings (SSSR count). The van der Waals surface area contributed by atoms with Gasteiger partial charge in [-0.2, -0.15) is 4.31 Å². The Labute approximate surface area is 165 Å². The number of sulfonamides is 1. The molecule has 27 heavy (non-hydrogen) atoms. The maximum absolute atomic E-state index is 13.0. The van der Waals surface area contributed by atoms with E-state index in [0.717, 1.165) is 12.8 Å². The van der Waals surface area contributed by atoms with Gasteiger partial charge in [0.15, 0.2) is 0 Å². The molecule has 1 aliphatic rings. The van der Waals surface area contributed by atoms with Crippen LogP contribution < -0.4 is 5.32 Å². The summed E-state index contributed by atoms with van der Waals surface area (Å²) in [5.41, 5.74) is 0.375. The number of amides is 1. The van der Waals surface area contributed by atoms with Crippen LogP contribution in [0.1, 0.15) is 35.5 Å². The lowest BCUT2D eigenvalue weighted by molar-refractivity contribution is 0.0954. The molecule has 7 heteroatoms. The van der Waals surface area contributed by atoms with Crippen LogP contribution in [0, 0.1) is 11.8 Å². The lowest BCUT2D eigenvalue weighted by Gasteiger charge is -2.34. The minimum absolute atomic E-state index is 0.190. The van der Waals surface area contributed by atoms with Crippen LogP contribution in [0.3, 0.4) is 0 Å². The molecule has 1 aromatic carbocycles. The molecule has 2 aromatic rings. The van der Waals surface area contributed by atoms with E-state index in [0.29, 0.717) is 37.0 Å². The third kappa shape index (κ3) is 4.97. The Balaban J connectivity index is 1.69. The number of hydrogen-bond acceptors (Lipinski definition) is 4. The second kappa shape index (κ2) is 8.54. The van der Waals surface area contributed by atoms with Crippen LogP contribution in [0.15, 0.2) is 46.7 Å². The van der Waals surface area contributed by atoms with E-state index in [4.69, 9.17) is 0 Å². The smallest absolute Gasteiger partial charge is 0.251 e. The zero-order chi connectivity index (χ0) is 19.4. The summed E-state index contributed by atoms with van der Waals surface area (Å²) in [5, 5.41) is 4.88. The zero-order valence-corrected chi connectivity index (χ0v) is 17.4. The fourth-order valence-electron chi connectivity index (χ4n) is 3.60. The molecule has 2 atom stereocenters. The third-order valence-corrected chi connectivity index (χ3v) is 7.57. The molecule has 0 saturated carbocycles. The van der Waals surface area contributed by atoms with E-state index in [1.807, 2.05) is 17.5 Å². The van der Waals surface area contributed by atoms with Gasteiger partial charge in [0.05, 0.1) is 4.90 Å². The number of nitrogens with one attached hydrogen (secondary N) is 1. The van der Waals surface area contributed by atoms with E-state index in [-0.39, 0.29) is 10.8 Å². The molecule has 0 aliphatic carbocycles. The number of carbonyl (C=O) groups excluding carboxylic acids is 1. The van der Waals surface area contributed by atoms with Gasteiger partial charge in [-0.3, -0.25) is 4.79 Å². The number of hydrogen-bond donors (Lipinski definition) is 1. The fourth-order valence-corrected chi connectivity index (χ4v) is 6.04. The molecule has 1 saturated heterocycles. The molecule has 2 unspecified atom stereocenters. The molecule has 0 radical (unpaired) electrons. The SMILES string of the molecule is CC1CC(C)CN(S(=O)(=O)c2cccc(C(=O)NCCc3cccs3)c2)C1. The first-order valence-electron chi connectivity index (χ1n) is 9.27. The van der Waals surface area contributed by atoms with Gasteiger partial charge < -0.3 is 5.32 Å². The fraction of sp³-hybridized carbons (Fsp3) is 0.450. The van der Waals surface area contributed by atoms with E-state index in [2.05, 4.69) is 19.2 Å². The average molecular weight is 407 g/mol. The Kier molecular flexibility index (Phi) is 6.34. The van der Waals surface area contributed by atoms with Crippen molar-refractivity contribution in [1.82, 2.24) is 9.62 Å². The number of benzene rings is 1. The van der Waals surface area contributed by atoms with Gasteiger partial charge in [-0.1, -0.05) is 26.0 Å². The summed E-state index contributed by atoms with van der Waals surface area (Å²) in [5.74, 6) is 0.434. The summed E-state index contributed by atoms with van der Waals surface area (Å²) < 4.78 is 27.6. The molecule has 0 bridgehead atoms. The monoisotopic (exact) mass is 406 g/mol. The van der Waals surface area contributed by atoms with Gasteiger partial charge in [0, 0.05) is 30.1 Å². The first kappa shape index (κ1) is 20.0. The molecular formula is C20H26N2O3S2. The van der Waals surface area contributed by atoms with Crippen molar-refractivity contribution in [3.8, 4) is 0 Å². The van der Waals surface area contributed by atoms with Crippen molar-refractivity contribution in [2.45, 2.75) is 31.6 Å². The first-order chi connectivity index (χ1) is 12.9. The van der Waals surface area contributed by atoms with E-state index in [9.17, 15) is 13.2 Å². The molecular weight excluding hydrogens is 380 g/mol. The van der Waals surface area contributed by atoms with Crippen LogP contribution in [0.5, 0.6) is 0 Å². The van der Waals surface area contributed by atoms with Crippen molar-refractivity contribution in [2.24, 2.45) is 11.8 Å². The second-order valence-electron chi connectivity index (χ2n) is 7.38. The lowest BCUT2D eigenvalue weighted by atomic mass is 9.94. The number of carbonyl (C=O) groups is 1. The summed E-state index contributed by atoms with van der Waals surface area (Å²) in [6, 6.07) is 10.4. The molecule has 0 spiro atoms. The molecule has 1 aromatic heterocycles. The highest BCUT2D eigenvalue weighted by Gasteiger charge is 2.31. The summed E-state index contributed by atoms with van der Waals surface area (Å²) >= 11 is 1.66. The Bertz CT molecular complexity index is 868. The van der Waals surface area contributed by atoms with Crippen LogP contribution in [0.2, 0.25) is 0 Å². The number of thiophene rings is 1. The first-order valence-corrected chi connectivity index (χ1v) is 11.6. The van der Waals surface area contributed by atoms with Gasteiger partial charge in [0.1, 0.15) is 0 Å². The Morgan fingerprint density at radius 1 is 1.19 bits per heavy atom. The Morgan fingerprint density at radius 2 is 1.93 bits per heavy atom. The summed E-state index contributed by atoms with van der Waals surface area (Å²) in [6.45, 7) is 5.75. The van der Waals surface area contributed by atoms with Crippen molar-refractivity contribution in [3.63, 3.8) is 0 Å². The van der Waals surface area contributed by atoms with Gasteiger partial charge in [-0.05, 0) is 54.3 Å². The van der Waals surface area contributed by atoms with Gasteiger partial charge in [-0.25, -0.2) is 8.42 Å². The molecule has 1 amide bonds. The van der Waals surface area contributed by atoms with E-state index in [1.54, 1.807) is 33.8 Å². The van der Waals surface area contributed by atoms with Crippen LogP contribution in [0.4, 0.5) is 0 Å². The summed E-state index contributed by atoms with van der Waals surface area (Å²) in [7, 11) is -3.58.